The molecule has 0 spiro atoms. The molecular weight excluding hydrogens is 556 g/mol. The first-order valence-corrected chi connectivity index (χ1v) is 17.1. The summed E-state index contributed by atoms with van der Waals surface area (Å²) < 4.78 is 10.4. The third kappa shape index (κ3) is 5.14. The molecule has 2 aliphatic rings. The van der Waals surface area contributed by atoms with E-state index in [1.54, 1.807) is 11.6 Å². The van der Waals surface area contributed by atoms with Crippen molar-refractivity contribution in [3.63, 3.8) is 0 Å². The number of carbonyl (C=O) groups is 2. The van der Waals surface area contributed by atoms with Crippen LogP contribution in [0.4, 0.5) is 5.69 Å². The highest BCUT2D eigenvalue weighted by Crippen LogP contribution is 2.38. The predicted molar refractivity (Wildman–Crippen MR) is 172 cm³/mol. The Bertz CT molecular complexity index is 1670. The van der Waals surface area contributed by atoms with Crippen LogP contribution in [0.1, 0.15) is 46.1 Å². The molecule has 224 valence electrons. The Labute approximate surface area is 253 Å². The minimum atomic E-state index is -2.61. The summed E-state index contributed by atoms with van der Waals surface area (Å²) in [5.41, 5.74) is 2.28. The molecule has 1 unspecified atom stereocenters. The maximum Gasteiger partial charge on any atom is 0.329 e. The summed E-state index contributed by atoms with van der Waals surface area (Å²) in [6.45, 7) is 9.37. The van der Waals surface area contributed by atoms with Gasteiger partial charge in [0.2, 0.25) is 11.8 Å². The van der Waals surface area contributed by atoms with Gasteiger partial charge in [0.05, 0.1) is 11.0 Å². The fraction of sp³-hybridized carbons (Fsp3) is 0.382. The minimum absolute atomic E-state index is 0.0699. The van der Waals surface area contributed by atoms with E-state index in [0.717, 1.165) is 30.7 Å². The molecule has 2 amide bonds. The zero-order chi connectivity index (χ0) is 30.4. The molecule has 3 aromatic carbocycles. The van der Waals surface area contributed by atoms with Gasteiger partial charge in [-0.1, -0.05) is 81.4 Å². The molecule has 6 rings (SSSR count). The second kappa shape index (κ2) is 11.3. The van der Waals surface area contributed by atoms with E-state index < -0.39 is 20.3 Å². The summed E-state index contributed by atoms with van der Waals surface area (Å²) in [6, 6.07) is 26.8. The van der Waals surface area contributed by atoms with E-state index in [-0.39, 0.29) is 23.1 Å². The van der Waals surface area contributed by atoms with Gasteiger partial charge in [-0.2, -0.15) is 0 Å². The lowest BCUT2D eigenvalue weighted by molar-refractivity contribution is -0.135. The normalized spacial score (nSPS) is 19.7. The van der Waals surface area contributed by atoms with Crippen molar-refractivity contribution in [3.05, 3.63) is 89.3 Å². The zero-order valence-corrected chi connectivity index (χ0v) is 26.4. The molecule has 1 aromatic heterocycles. The van der Waals surface area contributed by atoms with Gasteiger partial charge >= 0.3 is 5.69 Å². The van der Waals surface area contributed by atoms with Gasteiger partial charge in [0, 0.05) is 44.8 Å². The molecule has 0 aliphatic carbocycles. The Morgan fingerprint density at radius 2 is 1.53 bits per heavy atom. The van der Waals surface area contributed by atoms with Crippen LogP contribution in [0.5, 0.6) is 0 Å². The van der Waals surface area contributed by atoms with Gasteiger partial charge in [-0.15, -0.1) is 0 Å². The van der Waals surface area contributed by atoms with Crippen molar-refractivity contribution in [2.75, 3.05) is 24.6 Å². The van der Waals surface area contributed by atoms with Crippen LogP contribution in [0.3, 0.4) is 0 Å². The molecular formula is C34H40N4O4Si. The highest BCUT2D eigenvalue weighted by atomic mass is 28.4. The van der Waals surface area contributed by atoms with Crippen molar-refractivity contribution < 1.29 is 14.0 Å². The van der Waals surface area contributed by atoms with Crippen molar-refractivity contribution in [1.29, 1.82) is 0 Å². The highest BCUT2D eigenvalue weighted by molar-refractivity contribution is 6.99. The number of aryl methyl sites for hydroxylation is 1. The molecule has 2 saturated heterocycles. The molecule has 3 heterocycles. The Morgan fingerprint density at radius 3 is 2.14 bits per heavy atom. The van der Waals surface area contributed by atoms with E-state index in [2.05, 4.69) is 91.7 Å². The van der Waals surface area contributed by atoms with Crippen molar-refractivity contribution in [2.45, 2.75) is 51.1 Å². The molecule has 43 heavy (non-hydrogen) atoms. The molecule has 8 nitrogen and oxygen atoms in total. The predicted octanol–water partition coefficient (Wildman–Crippen LogP) is 3.72. The van der Waals surface area contributed by atoms with Crippen LogP contribution < -0.4 is 26.3 Å². The largest absolute Gasteiger partial charge is 0.407 e. The minimum Gasteiger partial charge on any atom is -0.407 e. The van der Waals surface area contributed by atoms with Gasteiger partial charge in [-0.05, 0) is 46.5 Å². The lowest BCUT2D eigenvalue weighted by Crippen LogP contribution is -2.67. The van der Waals surface area contributed by atoms with E-state index in [4.69, 9.17) is 4.43 Å². The number of nitrogens with one attached hydrogen (secondary N) is 1. The van der Waals surface area contributed by atoms with Gasteiger partial charge in [0.1, 0.15) is 6.04 Å². The fourth-order valence-corrected chi connectivity index (χ4v) is 11.6. The number of hydrogen-bond acceptors (Lipinski definition) is 5. The first kappa shape index (κ1) is 29.1. The molecule has 0 saturated carbocycles. The van der Waals surface area contributed by atoms with Gasteiger partial charge in [0.15, 0.2) is 0 Å². The van der Waals surface area contributed by atoms with Crippen LogP contribution in [0.2, 0.25) is 5.04 Å². The van der Waals surface area contributed by atoms with Crippen LogP contribution in [0.15, 0.2) is 83.7 Å². The molecule has 4 aromatic rings. The monoisotopic (exact) mass is 596 g/mol. The summed E-state index contributed by atoms with van der Waals surface area (Å²) >= 11 is 0. The van der Waals surface area contributed by atoms with Gasteiger partial charge in [-0.3, -0.25) is 24.0 Å². The molecule has 2 aliphatic heterocycles. The third-order valence-corrected chi connectivity index (χ3v) is 14.2. The number of amides is 2. The van der Waals surface area contributed by atoms with Gasteiger partial charge in [0.25, 0.3) is 8.32 Å². The molecule has 2 fully saturated rings. The topological polar surface area (TPSA) is 85.6 Å². The molecule has 0 radical (unpaired) electrons. The van der Waals surface area contributed by atoms with Crippen LogP contribution in [-0.4, -0.2) is 49.0 Å². The third-order valence-electron chi connectivity index (χ3n) is 9.20. The average molecular weight is 597 g/mol. The molecule has 1 N–H and O–H groups in total. The number of fused-ring (bicyclic) bond motifs is 1. The molecule has 2 atom stereocenters. The van der Waals surface area contributed by atoms with Crippen LogP contribution >= 0.6 is 0 Å². The second-order valence-electron chi connectivity index (χ2n) is 12.9. The SMILES string of the molecule is Cn1c(=O)n(C2CCC(=O)NC2=O)c2ccc(N3CC[C@@H](CO[Si](c4ccccc4)(c4ccccc4)C(C)(C)C)C3)cc21. The Morgan fingerprint density at radius 1 is 0.884 bits per heavy atom. The summed E-state index contributed by atoms with van der Waals surface area (Å²) in [5, 5.41) is 4.88. The van der Waals surface area contributed by atoms with Crippen LogP contribution in [0.25, 0.3) is 11.0 Å². The lowest BCUT2D eigenvalue weighted by Gasteiger charge is -2.43. The summed E-state index contributed by atoms with van der Waals surface area (Å²) in [7, 11) is -0.868. The fourth-order valence-electron chi connectivity index (χ4n) is 6.99. The number of carbonyl (C=O) groups excluding carboxylic acids is 2. The summed E-state index contributed by atoms with van der Waals surface area (Å²) in [6.07, 6.45) is 1.57. The quantitative estimate of drug-likeness (QED) is 0.260. The zero-order valence-electron chi connectivity index (χ0n) is 25.4. The van der Waals surface area contributed by atoms with Crippen LogP contribution in [-0.2, 0) is 21.1 Å². The van der Waals surface area contributed by atoms with Gasteiger partial charge < -0.3 is 9.33 Å². The summed E-state index contributed by atoms with van der Waals surface area (Å²) in [5.74, 6) is -0.341. The lowest BCUT2D eigenvalue weighted by atomic mass is 10.1. The van der Waals surface area contributed by atoms with E-state index in [1.807, 2.05) is 18.2 Å². The molecule has 0 bridgehead atoms. The van der Waals surface area contributed by atoms with E-state index >= 15 is 0 Å². The number of rotatable bonds is 7. The number of piperidine rings is 1. The second-order valence-corrected chi connectivity index (χ2v) is 17.2. The van der Waals surface area contributed by atoms with E-state index in [0.29, 0.717) is 24.5 Å². The maximum atomic E-state index is 13.2. The Hall–Kier alpha value is -3.95. The van der Waals surface area contributed by atoms with Gasteiger partial charge in [-0.25, -0.2) is 4.79 Å². The standard InChI is InChI=1S/C34H40N4O4Si/c1-34(2,3)43(26-11-7-5-8-12-26,27-13-9-6-10-14-27)42-23-24-19-20-37(22-24)25-15-16-28-30(21-25)36(4)33(41)38(28)29-17-18-31(39)35-32(29)40/h5-16,21,24,29H,17-20,22-23H2,1-4H3,(H,35,39,40)/t24-,29?/m1/s1. The Kier molecular flexibility index (Phi) is 7.64. The Balaban J connectivity index is 1.24. The first-order chi connectivity index (χ1) is 20.6. The van der Waals surface area contributed by atoms with Crippen molar-refractivity contribution in [3.8, 4) is 0 Å². The van der Waals surface area contributed by atoms with Crippen molar-refractivity contribution >= 4 is 47.2 Å². The number of benzene rings is 3. The maximum absolute atomic E-state index is 13.2. The number of imidazole rings is 1. The number of anilines is 1. The van der Waals surface area contributed by atoms with Crippen molar-refractivity contribution in [2.24, 2.45) is 13.0 Å². The number of imide groups is 1. The van der Waals surface area contributed by atoms with Crippen molar-refractivity contribution in [1.82, 2.24) is 14.5 Å². The summed E-state index contributed by atoms with van der Waals surface area (Å²) in [4.78, 5) is 39.9. The number of hydrogen-bond donors (Lipinski definition) is 1. The number of nitrogens with zero attached hydrogens (tertiary/aromatic N) is 3. The smallest absolute Gasteiger partial charge is 0.329 e. The highest BCUT2D eigenvalue weighted by Gasteiger charge is 2.50. The average Bonchev–Trinajstić information content (AvgIpc) is 3.56. The first-order valence-electron chi connectivity index (χ1n) is 15.1. The van der Waals surface area contributed by atoms with Crippen LogP contribution in [0, 0.1) is 5.92 Å². The van der Waals surface area contributed by atoms with E-state index in [9.17, 15) is 14.4 Å². The molecule has 9 heteroatoms. The van der Waals surface area contributed by atoms with E-state index in [1.165, 1.54) is 14.9 Å². The number of aromatic nitrogens is 2.